The molecule has 0 heterocycles. The Labute approximate surface area is 89.3 Å². The van der Waals surface area contributed by atoms with Crippen LogP contribution in [0.25, 0.3) is 0 Å². The molecule has 0 spiro atoms. The van der Waals surface area contributed by atoms with Crippen LogP contribution in [0.15, 0.2) is 24.3 Å². The smallest absolute Gasteiger partial charge is 0.138 e. The Kier molecular flexibility index (Phi) is 4.43. The van der Waals surface area contributed by atoms with Crippen molar-refractivity contribution in [2.45, 2.75) is 32.2 Å². The van der Waals surface area contributed by atoms with Gasteiger partial charge >= 0.3 is 0 Å². The number of Topliss-reactive ketones (excluding diaryl/α,β-unsaturated/α-hetero) is 1. The van der Waals surface area contributed by atoms with Crippen molar-refractivity contribution in [3.05, 3.63) is 35.6 Å². The molecule has 1 atom stereocenters. The van der Waals surface area contributed by atoms with Crippen molar-refractivity contribution in [1.82, 2.24) is 0 Å². The van der Waals surface area contributed by atoms with E-state index in [0.29, 0.717) is 12.0 Å². The van der Waals surface area contributed by atoms with Crippen LogP contribution >= 0.6 is 0 Å². The van der Waals surface area contributed by atoms with Crippen LogP contribution in [0.4, 0.5) is 4.39 Å². The predicted octanol–water partition coefficient (Wildman–Crippen LogP) is 2.06. The minimum Gasteiger partial charge on any atom is -0.327 e. The fraction of sp³-hybridized carbons (Fsp3) is 0.417. The molecule has 0 aliphatic heterocycles. The first kappa shape index (κ1) is 11.9. The molecule has 0 fully saturated rings. The van der Waals surface area contributed by atoms with E-state index in [9.17, 15) is 9.18 Å². The van der Waals surface area contributed by atoms with Gasteiger partial charge in [0.05, 0.1) is 0 Å². The number of nitrogens with two attached hydrogens (primary N) is 1. The quantitative estimate of drug-likeness (QED) is 0.806. The number of ketones is 1. The fourth-order valence-corrected chi connectivity index (χ4v) is 1.38. The molecule has 3 heteroatoms. The van der Waals surface area contributed by atoms with Crippen molar-refractivity contribution >= 4 is 5.78 Å². The van der Waals surface area contributed by atoms with Gasteiger partial charge in [0.2, 0.25) is 0 Å². The Morgan fingerprint density at radius 3 is 2.87 bits per heavy atom. The van der Waals surface area contributed by atoms with E-state index in [1.54, 1.807) is 12.1 Å². The summed E-state index contributed by atoms with van der Waals surface area (Å²) in [6.45, 7) is 1.94. The summed E-state index contributed by atoms with van der Waals surface area (Å²) in [5.74, 6) is -0.241. The molecule has 1 aromatic carbocycles. The zero-order valence-electron chi connectivity index (χ0n) is 8.87. The highest BCUT2D eigenvalue weighted by atomic mass is 19.1. The second-order valence-electron chi connectivity index (χ2n) is 3.72. The van der Waals surface area contributed by atoms with Gasteiger partial charge in [-0.25, -0.2) is 4.39 Å². The van der Waals surface area contributed by atoms with E-state index in [4.69, 9.17) is 5.73 Å². The lowest BCUT2D eigenvalue weighted by Crippen LogP contribution is -2.23. The van der Waals surface area contributed by atoms with E-state index in [1.165, 1.54) is 12.1 Å². The molecule has 0 saturated heterocycles. The van der Waals surface area contributed by atoms with Crippen LogP contribution in [0, 0.1) is 5.82 Å². The summed E-state index contributed by atoms with van der Waals surface area (Å²) in [6.07, 6.45) is 1.42. The predicted molar refractivity (Wildman–Crippen MR) is 58.0 cm³/mol. The van der Waals surface area contributed by atoms with E-state index in [0.717, 1.165) is 6.42 Å². The summed E-state index contributed by atoms with van der Waals surface area (Å²) < 4.78 is 12.8. The molecular weight excluding hydrogens is 193 g/mol. The van der Waals surface area contributed by atoms with Crippen LogP contribution in [0.2, 0.25) is 0 Å². The average Bonchev–Trinajstić information content (AvgIpc) is 2.17. The Hall–Kier alpha value is -1.22. The molecule has 2 N–H and O–H groups in total. The highest BCUT2D eigenvalue weighted by Crippen LogP contribution is 2.07. The molecule has 2 nitrogen and oxygen atoms in total. The Bertz CT molecular complexity index is 338. The van der Waals surface area contributed by atoms with Crippen molar-refractivity contribution < 1.29 is 9.18 Å². The van der Waals surface area contributed by atoms with Gasteiger partial charge in [-0.05, 0) is 24.1 Å². The van der Waals surface area contributed by atoms with Crippen molar-refractivity contribution in [3.63, 3.8) is 0 Å². The number of hydrogen-bond acceptors (Lipinski definition) is 2. The van der Waals surface area contributed by atoms with Gasteiger partial charge in [-0.1, -0.05) is 19.1 Å². The molecule has 0 saturated carbocycles. The molecule has 0 aromatic heterocycles. The van der Waals surface area contributed by atoms with E-state index < -0.39 is 0 Å². The molecule has 82 valence electrons. The van der Waals surface area contributed by atoms with E-state index in [-0.39, 0.29) is 24.1 Å². The Balaban J connectivity index is 2.51. The third-order valence-corrected chi connectivity index (χ3v) is 2.30. The van der Waals surface area contributed by atoms with Gasteiger partial charge in [0, 0.05) is 18.9 Å². The second kappa shape index (κ2) is 5.61. The molecule has 0 aliphatic carbocycles. The van der Waals surface area contributed by atoms with Crippen LogP contribution < -0.4 is 5.73 Å². The number of carbonyl (C=O) groups is 1. The summed E-state index contributed by atoms with van der Waals surface area (Å²) in [4.78, 5) is 11.5. The van der Waals surface area contributed by atoms with Crippen LogP contribution in [0.1, 0.15) is 25.3 Å². The van der Waals surface area contributed by atoms with Crippen molar-refractivity contribution in [2.75, 3.05) is 0 Å². The zero-order chi connectivity index (χ0) is 11.3. The summed E-state index contributed by atoms with van der Waals surface area (Å²) >= 11 is 0. The maximum Gasteiger partial charge on any atom is 0.138 e. The maximum atomic E-state index is 12.8. The second-order valence-corrected chi connectivity index (χ2v) is 3.72. The monoisotopic (exact) mass is 209 g/mol. The maximum absolute atomic E-state index is 12.8. The highest BCUT2D eigenvalue weighted by Gasteiger charge is 2.08. The SMILES string of the molecule is CCC(N)CC(=O)Cc1cccc(F)c1. The molecule has 1 aromatic rings. The third-order valence-electron chi connectivity index (χ3n) is 2.30. The largest absolute Gasteiger partial charge is 0.327 e. The van der Waals surface area contributed by atoms with Gasteiger partial charge in [-0.3, -0.25) is 4.79 Å². The summed E-state index contributed by atoms with van der Waals surface area (Å²) in [5.41, 5.74) is 6.37. The first-order chi connectivity index (χ1) is 7.11. The van der Waals surface area contributed by atoms with Gasteiger partial charge < -0.3 is 5.73 Å². The molecule has 1 unspecified atom stereocenters. The first-order valence-electron chi connectivity index (χ1n) is 5.13. The summed E-state index contributed by atoms with van der Waals surface area (Å²) in [6, 6.07) is 6.03. The fourth-order valence-electron chi connectivity index (χ4n) is 1.38. The lowest BCUT2D eigenvalue weighted by atomic mass is 10.0. The normalized spacial score (nSPS) is 12.5. The van der Waals surface area contributed by atoms with Gasteiger partial charge in [-0.15, -0.1) is 0 Å². The van der Waals surface area contributed by atoms with Crippen molar-refractivity contribution in [3.8, 4) is 0 Å². The number of rotatable bonds is 5. The molecule has 1 rings (SSSR count). The van der Waals surface area contributed by atoms with E-state index in [2.05, 4.69) is 0 Å². The molecule has 0 aliphatic rings. The molecular formula is C12H16FNO. The number of hydrogen-bond donors (Lipinski definition) is 1. The zero-order valence-corrected chi connectivity index (χ0v) is 8.87. The lowest BCUT2D eigenvalue weighted by Gasteiger charge is -2.07. The first-order valence-corrected chi connectivity index (χ1v) is 5.13. The molecule has 0 amide bonds. The molecule has 0 radical (unpaired) electrons. The number of benzene rings is 1. The minimum atomic E-state index is -0.305. The third kappa shape index (κ3) is 4.21. The standard InChI is InChI=1S/C12H16FNO/c1-2-11(14)8-12(15)7-9-4-3-5-10(13)6-9/h3-6,11H,2,7-8,14H2,1H3. The highest BCUT2D eigenvalue weighted by molar-refractivity contribution is 5.81. The average molecular weight is 209 g/mol. The Morgan fingerprint density at radius 2 is 2.27 bits per heavy atom. The van der Waals surface area contributed by atoms with Crippen molar-refractivity contribution in [1.29, 1.82) is 0 Å². The van der Waals surface area contributed by atoms with Gasteiger partial charge in [0.25, 0.3) is 0 Å². The van der Waals surface area contributed by atoms with Gasteiger partial charge in [-0.2, -0.15) is 0 Å². The van der Waals surface area contributed by atoms with Crippen molar-refractivity contribution in [2.24, 2.45) is 5.73 Å². The van der Waals surface area contributed by atoms with Gasteiger partial charge in [0.15, 0.2) is 0 Å². The van der Waals surface area contributed by atoms with E-state index >= 15 is 0 Å². The van der Waals surface area contributed by atoms with Crippen LogP contribution in [-0.4, -0.2) is 11.8 Å². The summed E-state index contributed by atoms with van der Waals surface area (Å²) in [7, 11) is 0. The number of halogens is 1. The topological polar surface area (TPSA) is 43.1 Å². The number of carbonyl (C=O) groups excluding carboxylic acids is 1. The lowest BCUT2D eigenvalue weighted by molar-refractivity contribution is -0.118. The van der Waals surface area contributed by atoms with Crippen LogP contribution in [-0.2, 0) is 11.2 Å². The van der Waals surface area contributed by atoms with Crippen LogP contribution in [0.3, 0.4) is 0 Å². The minimum absolute atomic E-state index is 0.0648. The Morgan fingerprint density at radius 1 is 1.53 bits per heavy atom. The van der Waals surface area contributed by atoms with E-state index in [1.807, 2.05) is 6.92 Å². The van der Waals surface area contributed by atoms with Crippen LogP contribution in [0.5, 0.6) is 0 Å². The molecule has 0 bridgehead atoms. The summed E-state index contributed by atoms with van der Waals surface area (Å²) in [5, 5.41) is 0. The molecule has 15 heavy (non-hydrogen) atoms. The van der Waals surface area contributed by atoms with Gasteiger partial charge in [0.1, 0.15) is 11.6 Å².